The first-order valence-corrected chi connectivity index (χ1v) is 9.51. The van der Waals surface area contributed by atoms with Gasteiger partial charge in [-0.2, -0.15) is 0 Å². The number of aliphatic imine (C=N–C) groups is 1. The SMILES string of the molecule is CCOC(CCNC(=NC)NC1CCN(CC(=O)NC)CC1)C(C)C.I. The zero-order valence-corrected chi connectivity index (χ0v) is 19.3. The van der Waals surface area contributed by atoms with Gasteiger partial charge in [0.15, 0.2) is 5.96 Å². The minimum atomic E-state index is 0. The fraction of sp³-hybridized carbons (Fsp3) is 0.889. The molecule has 1 unspecified atom stereocenters. The van der Waals surface area contributed by atoms with Crippen molar-refractivity contribution in [2.45, 2.75) is 52.2 Å². The molecule has 0 radical (unpaired) electrons. The number of hydrogen-bond donors (Lipinski definition) is 3. The third-order valence-corrected chi connectivity index (χ3v) is 4.64. The summed E-state index contributed by atoms with van der Waals surface area (Å²) in [5, 5.41) is 9.57. The number of guanidine groups is 1. The number of rotatable bonds is 9. The van der Waals surface area contributed by atoms with Crippen LogP contribution in [0.25, 0.3) is 0 Å². The highest BCUT2D eigenvalue weighted by Gasteiger charge is 2.21. The van der Waals surface area contributed by atoms with Gasteiger partial charge >= 0.3 is 0 Å². The lowest BCUT2D eigenvalue weighted by molar-refractivity contribution is -0.122. The number of piperidine rings is 1. The Balaban J connectivity index is 0.00000625. The zero-order valence-electron chi connectivity index (χ0n) is 17.0. The van der Waals surface area contributed by atoms with Crippen LogP contribution >= 0.6 is 24.0 Å². The summed E-state index contributed by atoms with van der Waals surface area (Å²) < 4.78 is 5.78. The Bertz CT molecular complexity index is 412. The maximum absolute atomic E-state index is 11.4. The molecule has 154 valence electrons. The van der Waals surface area contributed by atoms with Gasteiger partial charge in [-0.05, 0) is 32.1 Å². The molecule has 1 aliphatic rings. The molecule has 0 aromatic carbocycles. The lowest BCUT2D eigenvalue weighted by Gasteiger charge is -2.32. The fourth-order valence-corrected chi connectivity index (χ4v) is 3.06. The molecule has 0 aromatic heterocycles. The molecule has 0 spiro atoms. The van der Waals surface area contributed by atoms with E-state index in [-0.39, 0.29) is 36.0 Å². The van der Waals surface area contributed by atoms with Crippen molar-refractivity contribution in [1.82, 2.24) is 20.9 Å². The molecule has 1 amide bonds. The van der Waals surface area contributed by atoms with Crippen LogP contribution in [0, 0.1) is 5.92 Å². The molecule has 0 saturated carbocycles. The van der Waals surface area contributed by atoms with Crippen LogP contribution in [0.3, 0.4) is 0 Å². The highest BCUT2D eigenvalue weighted by Crippen LogP contribution is 2.11. The first kappa shape index (κ1) is 25.4. The normalized spacial score (nSPS) is 17.5. The fourth-order valence-electron chi connectivity index (χ4n) is 3.06. The molecular formula is C18H38IN5O2. The molecule has 8 heteroatoms. The predicted octanol–water partition coefficient (Wildman–Crippen LogP) is 1.43. The molecule has 1 atom stereocenters. The lowest BCUT2D eigenvalue weighted by Crippen LogP contribution is -2.50. The molecular weight excluding hydrogens is 445 g/mol. The van der Waals surface area contributed by atoms with Crippen LogP contribution in [0.1, 0.15) is 40.0 Å². The van der Waals surface area contributed by atoms with Crippen LogP contribution in [0.5, 0.6) is 0 Å². The first-order valence-electron chi connectivity index (χ1n) is 9.51. The first-order chi connectivity index (χ1) is 12.0. The van der Waals surface area contributed by atoms with E-state index in [1.807, 2.05) is 6.92 Å². The third kappa shape index (κ3) is 9.91. The minimum absolute atomic E-state index is 0. The van der Waals surface area contributed by atoms with E-state index in [4.69, 9.17) is 4.74 Å². The van der Waals surface area contributed by atoms with Crippen molar-refractivity contribution in [2.75, 3.05) is 46.9 Å². The summed E-state index contributed by atoms with van der Waals surface area (Å²) in [5.41, 5.74) is 0. The van der Waals surface area contributed by atoms with Gasteiger partial charge in [-0.15, -0.1) is 24.0 Å². The van der Waals surface area contributed by atoms with Crippen molar-refractivity contribution < 1.29 is 9.53 Å². The second-order valence-corrected chi connectivity index (χ2v) is 6.89. The molecule has 1 saturated heterocycles. The summed E-state index contributed by atoms with van der Waals surface area (Å²) in [4.78, 5) is 18.0. The average Bonchev–Trinajstić information content (AvgIpc) is 2.61. The van der Waals surface area contributed by atoms with E-state index < -0.39 is 0 Å². The number of nitrogens with zero attached hydrogens (tertiary/aromatic N) is 2. The second-order valence-electron chi connectivity index (χ2n) is 6.89. The van der Waals surface area contributed by atoms with E-state index in [1.54, 1.807) is 14.1 Å². The van der Waals surface area contributed by atoms with Gasteiger partial charge in [-0.3, -0.25) is 14.7 Å². The van der Waals surface area contributed by atoms with E-state index in [9.17, 15) is 4.79 Å². The standard InChI is InChI=1S/C18H37N5O2.HI/c1-6-25-16(14(2)3)7-10-21-18(20-5)22-15-8-11-23(12-9-15)13-17(24)19-4;/h14-16H,6-13H2,1-5H3,(H,19,24)(H2,20,21,22);1H. The average molecular weight is 483 g/mol. The Morgan fingerprint density at radius 1 is 1.31 bits per heavy atom. The highest BCUT2D eigenvalue weighted by atomic mass is 127. The minimum Gasteiger partial charge on any atom is -0.378 e. The number of nitrogens with one attached hydrogen (secondary N) is 3. The second kappa shape index (κ2) is 14.4. The van der Waals surface area contributed by atoms with Crippen molar-refractivity contribution in [3.8, 4) is 0 Å². The number of halogens is 1. The van der Waals surface area contributed by atoms with E-state index in [2.05, 4.69) is 39.7 Å². The largest absolute Gasteiger partial charge is 0.378 e. The molecule has 0 aliphatic carbocycles. The van der Waals surface area contributed by atoms with Crippen LogP contribution in [0.15, 0.2) is 4.99 Å². The van der Waals surface area contributed by atoms with Gasteiger partial charge in [0, 0.05) is 46.4 Å². The molecule has 3 N–H and O–H groups in total. The summed E-state index contributed by atoms with van der Waals surface area (Å²) in [6.45, 7) is 10.4. The van der Waals surface area contributed by atoms with Gasteiger partial charge in [0.05, 0.1) is 12.6 Å². The maximum Gasteiger partial charge on any atom is 0.233 e. The smallest absolute Gasteiger partial charge is 0.233 e. The monoisotopic (exact) mass is 483 g/mol. The van der Waals surface area contributed by atoms with Crippen molar-refractivity contribution >= 4 is 35.8 Å². The Morgan fingerprint density at radius 3 is 2.46 bits per heavy atom. The van der Waals surface area contributed by atoms with Crippen LogP contribution < -0.4 is 16.0 Å². The Kier molecular flexibility index (Phi) is 14.1. The van der Waals surface area contributed by atoms with E-state index in [0.717, 1.165) is 51.5 Å². The molecule has 1 rings (SSSR count). The van der Waals surface area contributed by atoms with E-state index in [1.165, 1.54) is 0 Å². The van der Waals surface area contributed by atoms with E-state index in [0.29, 0.717) is 18.5 Å². The number of likely N-dealkylation sites (N-methyl/N-ethyl adjacent to an activating group) is 1. The Morgan fingerprint density at radius 2 is 1.96 bits per heavy atom. The van der Waals surface area contributed by atoms with Crippen LogP contribution in [0.4, 0.5) is 0 Å². The molecule has 1 aliphatic heterocycles. The molecule has 1 heterocycles. The maximum atomic E-state index is 11.4. The topological polar surface area (TPSA) is 78.0 Å². The van der Waals surface area contributed by atoms with Crippen molar-refractivity contribution in [3.63, 3.8) is 0 Å². The summed E-state index contributed by atoms with van der Waals surface area (Å²) >= 11 is 0. The van der Waals surface area contributed by atoms with Crippen LogP contribution in [0.2, 0.25) is 0 Å². The Labute approximate surface area is 176 Å². The number of carbonyl (C=O) groups is 1. The number of amides is 1. The van der Waals surface area contributed by atoms with Gasteiger partial charge in [0.2, 0.25) is 5.91 Å². The number of carbonyl (C=O) groups excluding carboxylic acids is 1. The van der Waals surface area contributed by atoms with Crippen molar-refractivity contribution in [3.05, 3.63) is 0 Å². The summed E-state index contributed by atoms with van der Waals surface area (Å²) in [7, 11) is 3.49. The van der Waals surface area contributed by atoms with Gasteiger partial charge in [-0.25, -0.2) is 0 Å². The highest BCUT2D eigenvalue weighted by molar-refractivity contribution is 14.0. The predicted molar refractivity (Wildman–Crippen MR) is 118 cm³/mol. The molecule has 0 aromatic rings. The molecule has 7 nitrogen and oxygen atoms in total. The van der Waals surface area contributed by atoms with Crippen molar-refractivity contribution in [2.24, 2.45) is 10.9 Å². The number of likely N-dealkylation sites (tertiary alicyclic amines) is 1. The Hall–Kier alpha value is -0.610. The number of hydrogen-bond acceptors (Lipinski definition) is 4. The van der Waals surface area contributed by atoms with Gasteiger partial charge in [0.1, 0.15) is 0 Å². The zero-order chi connectivity index (χ0) is 18.7. The number of ether oxygens (including phenoxy) is 1. The molecule has 26 heavy (non-hydrogen) atoms. The van der Waals surface area contributed by atoms with Gasteiger partial charge in [0.25, 0.3) is 0 Å². The third-order valence-electron chi connectivity index (χ3n) is 4.64. The van der Waals surface area contributed by atoms with Crippen LogP contribution in [-0.4, -0.2) is 75.8 Å². The van der Waals surface area contributed by atoms with Crippen LogP contribution in [-0.2, 0) is 9.53 Å². The summed E-state index contributed by atoms with van der Waals surface area (Å²) in [6, 6.07) is 0.403. The molecule has 1 fully saturated rings. The summed E-state index contributed by atoms with van der Waals surface area (Å²) in [5.74, 6) is 1.45. The summed E-state index contributed by atoms with van der Waals surface area (Å²) in [6.07, 6.45) is 3.29. The van der Waals surface area contributed by atoms with Crippen molar-refractivity contribution in [1.29, 1.82) is 0 Å². The van der Waals surface area contributed by atoms with E-state index >= 15 is 0 Å². The lowest BCUT2D eigenvalue weighted by atomic mass is 10.0. The van der Waals surface area contributed by atoms with Gasteiger partial charge in [-0.1, -0.05) is 13.8 Å². The molecule has 0 bridgehead atoms. The quantitative estimate of drug-likeness (QED) is 0.263. The van der Waals surface area contributed by atoms with Gasteiger partial charge < -0.3 is 20.7 Å².